The summed E-state index contributed by atoms with van der Waals surface area (Å²) in [5.74, 6) is -0.527. The molecule has 0 aliphatic heterocycles. The lowest BCUT2D eigenvalue weighted by atomic mass is 10.1. The van der Waals surface area contributed by atoms with E-state index in [0.717, 1.165) is 18.2 Å². The fraction of sp³-hybridized carbons (Fsp3) is 0. The highest BCUT2D eigenvalue weighted by molar-refractivity contribution is 8.13. The van der Waals surface area contributed by atoms with Crippen LogP contribution in [0, 0.1) is 5.82 Å². The summed E-state index contributed by atoms with van der Waals surface area (Å²) in [5, 5.41) is 0. The van der Waals surface area contributed by atoms with Crippen molar-refractivity contribution in [3.8, 4) is 11.1 Å². The van der Waals surface area contributed by atoms with Gasteiger partial charge in [-0.3, -0.25) is 4.98 Å². The monoisotopic (exact) mass is 271 g/mol. The summed E-state index contributed by atoms with van der Waals surface area (Å²) in [7, 11) is 1.39. The van der Waals surface area contributed by atoms with E-state index in [1.165, 1.54) is 12.4 Å². The lowest BCUT2D eigenvalue weighted by Crippen LogP contribution is -1.95. The first-order valence-electron chi connectivity index (χ1n) is 4.63. The Morgan fingerprint density at radius 1 is 1.12 bits per heavy atom. The van der Waals surface area contributed by atoms with Gasteiger partial charge in [-0.25, -0.2) is 12.8 Å². The molecule has 88 valence electrons. The summed E-state index contributed by atoms with van der Waals surface area (Å²) < 4.78 is 35.9. The first kappa shape index (κ1) is 12.0. The SMILES string of the molecule is O=S(=O)(Cl)c1ccc(F)cc1-c1ccncc1. The summed E-state index contributed by atoms with van der Waals surface area (Å²) in [6, 6.07) is 6.50. The third-order valence-corrected chi connectivity index (χ3v) is 3.58. The van der Waals surface area contributed by atoms with Gasteiger partial charge in [0.2, 0.25) is 0 Å². The Labute approximate surface area is 102 Å². The largest absolute Gasteiger partial charge is 0.265 e. The average Bonchev–Trinajstić information content (AvgIpc) is 2.28. The lowest BCUT2D eigenvalue weighted by Gasteiger charge is -2.06. The highest BCUT2D eigenvalue weighted by Gasteiger charge is 2.17. The molecule has 0 unspecified atom stereocenters. The second-order valence-corrected chi connectivity index (χ2v) is 5.85. The van der Waals surface area contributed by atoms with Crippen LogP contribution >= 0.6 is 10.7 Å². The molecule has 0 aliphatic rings. The fourth-order valence-electron chi connectivity index (χ4n) is 1.47. The van der Waals surface area contributed by atoms with Gasteiger partial charge in [0.05, 0.1) is 4.90 Å². The Morgan fingerprint density at radius 3 is 2.35 bits per heavy atom. The predicted octanol–water partition coefficient (Wildman–Crippen LogP) is 2.82. The summed E-state index contributed by atoms with van der Waals surface area (Å²) in [4.78, 5) is 3.69. The van der Waals surface area contributed by atoms with Crippen LogP contribution < -0.4 is 0 Å². The molecule has 0 amide bonds. The summed E-state index contributed by atoms with van der Waals surface area (Å²) in [5.41, 5.74) is 0.765. The number of aromatic nitrogens is 1. The van der Waals surface area contributed by atoms with E-state index in [2.05, 4.69) is 4.98 Å². The van der Waals surface area contributed by atoms with Gasteiger partial charge in [-0.15, -0.1) is 0 Å². The summed E-state index contributed by atoms with van der Waals surface area (Å²) in [6.07, 6.45) is 2.98. The third kappa shape index (κ3) is 2.62. The molecule has 3 nitrogen and oxygen atoms in total. The molecular weight excluding hydrogens is 265 g/mol. The van der Waals surface area contributed by atoms with Crippen molar-refractivity contribution in [3.05, 3.63) is 48.5 Å². The molecule has 0 N–H and O–H groups in total. The molecule has 0 aliphatic carbocycles. The zero-order valence-electron chi connectivity index (χ0n) is 8.47. The van der Waals surface area contributed by atoms with Crippen LogP contribution in [-0.2, 0) is 9.05 Å². The van der Waals surface area contributed by atoms with Crippen LogP contribution in [0.2, 0.25) is 0 Å². The smallest absolute Gasteiger partial charge is 0.261 e. The van der Waals surface area contributed by atoms with Crippen molar-refractivity contribution in [2.24, 2.45) is 0 Å². The summed E-state index contributed by atoms with van der Waals surface area (Å²) >= 11 is 0. The number of rotatable bonds is 2. The fourth-order valence-corrected chi connectivity index (χ4v) is 2.55. The minimum atomic E-state index is -3.91. The van der Waals surface area contributed by atoms with Crippen LogP contribution in [0.25, 0.3) is 11.1 Å². The molecular formula is C11H7ClFNO2S. The molecule has 0 fully saturated rings. The highest BCUT2D eigenvalue weighted by atomic mass is 35.7. The first-order chi connectivity index (χ1) is 7.98. The number of hydrogen-bond donors (Lipinski definition) is 0. The molecule has 0 spiro atoms. The minimum absolute atomic E-state index is 0.119. The Kier molecular flexibility index (Phi) is 3.13. The highest BCUT2D eigenvalue weighted by Crippen LogP contribution is 2.29. The molecule has 2 aromatic rings. The van der Waals surface area contributed by atoms with E-state index < -0.39 is 14.9 Å². The number of pyridine rings is 1. The van der Waals surface area contributed by atoms with Gasteiger partial charge < -0.3 is 0 Å². The van der Waals surface area contributed by atoms with E-state index in [1.807, 2.05) is 0 Å². The molecule has 0 saturated heterocycles. The molecule has 1 aromatic heterocycles. The van der Waals surface area contributed by atoms with E-state index in [9.17, 15) is 12.8 Å². The van der Waals surface area contributed by atoms with Crippen molar-refractivity contribution in [2.75, 3.05) is 0 Å². The van der Waals surface area contributed by atoms with Crippen LogP contribution in [-0.4, -0.2) is 13.4 Å². The van der Waals surface area contributed by atoms with Gasteiger partial charge in [0.15, 0.2) is 0 Å². The van der Waals surface area contributed by atoms with Crippen molar-refractivity contribution >= 4 is 19.7 Å². The van der Waals surface area contributed by atoms with Crippen LogP contribution in [0.5, 0.6) is 0 Å². The van der Waals surface area contributed by atoms with Gasteiger partial charge in [-0.1, -0.05) is 0 Å². The average molecular weight is 272 g/mol. The van der Waals surface area contributed by atoms with Crippen LogP contribution in [0.15, 0.2) is 47.6 Å². The standard InChI is InChI=1S/C11H7ClFNO2S/c12-17(15,16)11-2-1-9(13)7-10(11)8-3-5-14-6-4-8/h1-7H. The Balaban J connectivity index is 2.72. The normalized spacial score (nSPS) is 11.4. The van der Waals surface area contributed by atoms with E-state index >= 15 is 0 Å². The number of nitrogens with zero attached hydrogens (tertiary/aromatic N) is 1. The van der Waals surface area contributed by atoms with Gasteiger partial charge >= 0.3 is 0 Å². The van der Waals surface area contributed by atoms with Crippen LogP contribution in [0.4, 0.5) is 4.39 Å². The first-order valence-corrected chi connectivity index (χ1v) is 6.94. The lowest BCUT2D eigenvalue weighted by molar-refractivity contribution is 0.608. The van der Waals surface area contributed by atoms with Crippen molar-refractivity contribution in [1.82, 2.24) is 4.98 Å². The molecule has 0 atom stereocenters. The molecule has 1 heterocycles. The molecule has 17 heavy (non-hydrogen) atoms. The molecule has 0 radical (unpaired) electrons. The molecule has 2 rings (SSSR count). The predicted molar refractivity (Wildman–Crippen MR) is 62.7 cm³/mol. The van der Waals surface area contributed by atoms with Crippen molar-refractivity contribution in [2.45, 2.75) is 4.90 Å². The van der Waals surface area contributed by atoms with Gasteiger partial charge in [0.1, 0.15) is 5.82 Å². The summed E-state index contributed by atoms with van der Waals surface area (Å²) in [6.45, 7) is 0. The van der Waals surface area contributed by atoms with E-state index in [-0.39, 0.29) is 10.5 Å². The molecule has 6 heteroatoms. The Hall–Kier alpha value is -1.46. The zero-order valence-corrected chi connectivity index (χ0v) is 10.0. The molecule has 0 bridgehead atoms. The van der Waals surface area contributed by atoms with Gasteiger partial charge in [-0.05, 0) is 35.9 Å². The minimum Gasteiger partial charge on any atom is -0.265 e. The van der Waals surface area contributed by atoms with Gasteiger partial charge in [-0.2, -0.15) is 0 Å². The Morgan fingerprint density at radius 2 is 1.76 bits per heavy atom. The van der Waals surface area contributed by atoms with Gasteiger partial charge in [0, 0.05) is 28.6 Å². The van der Waals surface area contributed by atoms with E-state index in [1.54, 1.807) is 12.1 Å². The topological polar surface area (TPSA) is 47.0 Å². The van der Waals surface area contributed by atoms with E-state index in [0.29, 0.717) is 5.56 Å². The molecule has 1 aromatic carbocycles. The van der Waals surface area contributed by atoms with Crippen LogP contribution in [0.1, 0.15) is 0 Å². The van der Waals surface area contributed by atoms with E-state index in [4.69, 9.17) is 10.7 Å². The third-order valence-electron chi connectivity index (χ3n) is 2.20. The number of halogens is 2. The van der Waals surface area contributed by atoms with Gasteiger partial charge in [0.25, 0.3) is 9.05 Å². The molecule has 0 saturated carbocycles. The maximum Gasteiger partial charge on any atom is 0.261 e. The zero-order chi connectivity index (χ0) is 12.5. The van der Waals surface area contributed by atoms with Crippen molar-refractivity contribution < 1.29 is 12.8 Å². The van der Waals surface area contributed by atoms with Crippen molar-refractivity contribution in [3.63, 3.8) is 0 Å². The second-order valence-electron chi connectivity index (χ2n) is 3.31. The maximum atomic E-state index is 13.2. The second kappa shape index (κ2) is 4.43. The maximum absolute atomic E-state index is 13.2. The Bertz CT molecular complexity index is 644. The number of hydrogen-bond acceptors (Lipinski definition) is 3. The number of benzene rings is 1. The quantitative estimate of drug-likeness (QED) is 0.789. The van der Waals surface area contributed by atoms with Crippen molar-refractivity contribution in [1.29, 1.82) is 0 Å². The van der Waals surface area contributed by atoms with Crippen LogP contribution in [0.3, 0.4) is 0 Å².